The second kappa shape index (κ2) is 5.12. The summed E-state index contributed by atoms with van der Waals surface area (Å²) in [6.45, 7) is 5.50. The van der Waals surface area contributed by atoms with Crippen LogP contribution in [0.3, 0.4) is 0 Å². The Labute approximate surface area is 95.8 Å². The fourth-order valence-electron chi connectivity index (χ4n) is 2.41. The third-order valence-electron chi connectivity index (χ3n) is 3.49. The number of nitrogens with zero attached hydrogens (tertiary/aromatic N) is 1. The molecule has 92 valence electrons. The van der Waals surface area contributed by atoms with E-state index in [2.05, 4.69) is 12.2 Å². The molecule has 16 heavy (non-hydrogen) atoms. The highest BCUT2D eigenvalue weighted by Gasteiger charge is 2.34. The van der Waals surface area contributed by atoms with Gasteiger partial charge in [0.15, 0.2) is 0 Å². The average Bonchev–Trinajstić information content (AvgIpc) is 2.74. The summed E-state index contributed by atoms with van der Waals surface area (Å²) >= 11 is 0. The Morgan fingerprint density at radius 3 is 3.00 bits per heavy atom. The average molecular weight is 228 g/mol. The molecule has 0 radical (unpaired) electrons. The topological polar surface area (TPSA) is 61.8 Å². The number of hydrogen-bond acceptors (Lipinski definition) is 4. The van der Waals surface area contributed by atoms with Gasteiger partial charge in [0.25, 0.3) is 0 Å². The largest absolute Gasteiger partial charge is 0.394 e. The molecule has 1 unspecified atom stereocenters. The number of nitrogens with one attached hydrogen (secondary N) is 1. The van der Waals surface area contributed by atoms with Crippen LogP contribution in [0.4, 0.5) is 0 Å². The number of carbonyl (C=O) groups excluding carboxylic acids is 1. The molecule has 0 saturated carbocycles. The van der Waals surface area contributed by atoms with Crippen LogP contribution in [-0.4, -0.2) is 61.4 Å². The van der Waals surface area contributed by atoms with Gasteiger partial charge in [0.05, 0.1) is 25.2 Å². The molecule has 0 aromatic rings. The van der Waals surface area contributed by atoms with Crippen molar-refractivity contribution in [3.05, 3.63) is 0 Å². The summed E-state index contributed by atoms with van der Waals surface area (Å²) in [5, 5.41) is 12.3. The molecule has 2 aliphatic rings. The van der Waals surface area contributed by atoms with Crippen LogP contribution in [-0.2, 0) is 9.53 Å². The lowest BCUT2D eigenvalue weighted by molar-refractivity contribution is -0.145. The number of rotatable bonds is 2. The maximum atomic E-state index is 12.2. The Balaban J connectivity index is 1.93. The summed E-state index contributed by atoms with van der Waals surface area (Å²) in [5.74, 6) is 0.708. The Morgan fingerprint density at radius 1 is 1.56 bits per heavy atom. The van der Waals surface area contributed by atoms with Gasteiger partial charge in [0, 0.05) is 19.6 Å². The van der Waals surface area contributed by atoms with E-state index in [1.807, 2.05) is 4.90 Å². The zero-order valence-electron chi connectivity index (χ0n) is 9.69. The van der Waals surface area contributed by atoms with Gasteiger partial charge in [-0.05, 0) is 12.5 Å². The van der Waals surface area contributed by atoms with E-state index >= 15 is 0 Å². The van der Waals surface area contributed by atoms with Gasteiger partial charge in [-0.3, -0.25) is 4.79 Å². The van der Waals surface area contributed by atoms with Crippen molar-refractivity contribution in [2.75, 3.05) is 39.4 Å². The first-order chi connectivity index (χ1) is 7.72. The Morgan fingerprint density at radius 2 is 2.38 bits per heavy atom. The first kappa shape index (κ1) is 11.8. The standard InChI is InChI=1S/C11H20N2O3/c1-8-4-12-5-10(8)11(15)13-2-3-16-9(6-13)7-14/h8-10,12,14H,2-7H2,1H3/t8-,9?,10-/m1/s1. The molecule has 2 saturated heterocycles. The molecule has 1 amide bonds. The number of aliphatic hydroxyl groups excluding tert-OH is 1. The number of aliphatic hydroxyl groups is 1. The SMILES string of the molecule is C[C@@H]1CNC[C@H]1C(=O)N1CCOC(CO)C1. The lowest BCUT2D eigenvalue weighted by atomic mass is 9.96. The predicted molar refractivity (Wildman–Crippen MR) is 58.9 cm³/mol. The summed E-state index contributed by atoms with van der Waals surface area (Å²) in [7, 11) is 0. The zero-order valence-corrected chi connectivity index (χ0v) is 9.69. The second-order valence-electron chi connectivity index (χ2n) is 4.70. The smallest absolute Gasteiger partial charge is 0.227 e. The van der Waals surface area contributed by atoms with E-state index in [0.29, 0.717) is 25.6 Å². The second-order valence-corrected chi connectivity index (χ2v) is 4.70. The van der Waals surface area contributed by atoms with Crippen molar-refractivity contribution in [1.82, 2.24) is 10.2 Å². The van der Waals surface area contributed by atoms with E-state index in [9.17, 15) is 4.79 Å². The molecule has 2 N–H and O–H groups in total. The van der Waals surface area contributed by atoms with Crippen LogP contribution < -0.4 is 5.32 Å². The normalized spacial score (nSPS) is 35.4. The van der Waals surface area contributed by atoms with Crippen molar-refractivity contribution in [2.24, 2.45) is 11.8 Å². The minimum absolute atomic E-state index is 0.0117. The maximum Gasteiger partial charge on any atom is 0.227 e. The summed E-state index contributed by atoms with van der Waals surface area (Å²) in [5.41, 5.74) is 0. The lowest BCUT2D eigenvalue weighted by Gasteiger charge is -2.34. The van der Waals surface area contributed by atoms with Gasteiger partial charge in [-0.15, -0.1) is 0 Å². The van der Waals surface area contributed by atoms with Crippen LogP contribution in [0.2, 0.25) is 0 Å². The van der Waals surface area contributed by atoms with Gasteiger partial charge in [-0.25, -0.2) is 0 Å². The molecule has 5 nitrogen and oxygen atoms in total. The van der Waals surface area contributed by atoms with E-state index in [1.165, 1.54) is 0 Å². The van der Waals surface area contributed by atoms with E-state index in [0.717, 1.165) is 13.1 Å². The van der Waals surface area contributed by atoms with E-state index in [4.69, 9.17) is 9.84 Å². The molecule has 0 aromatic carbocycles. The van der Waals surface area contributed by atoms with Gasteiger partial charge < -0.3 is 20.1 Å². The van der Waals surface area contributed by atoms with E-state index in [1.54, 1.807) is 0 Å². The highest BCUT2D eigenvalue weighted by Crippen LogP contribution is 2.20. The van der Waals surface area contributed by atoms with E-state index < -0.39 is 0 Å². The van der Waals surface area contributed by atoms with Crippen LogP contribution >= 0.6 is 0 Å². The molecule has 3 atom stereocenters. The number of morpholine rings is 1. The van der Waals surface area contributed by atoms with Gasteiger partial charge in [0.1, 0.15) is 0 Å². The highest BCUT2D eigenvalue weighted by molar-refractivity contribution is 5.79. The van der Waals surface area contributed by atoms with Crippen LogP contribution in [0.25, 0.3) is 0 Å². The van der Waals surface area contributed by atoms with Crippen LogP contribution in [0.15, 0.2) is 0 Å². The molecule has 0 aromatic heterocycles. The minimum Gasteiger partial charge on any atom is -0.394 e. The molecule has 0 bridgehead atoms. The number of ether oxygens (including phenoxy) is 1. The highest BCUT2D eigenvalue weighted by atomic mass is 16.5. The number of amides is 1. The summed E-state index contributed by atoms with van der Waals surface area (Å²) in [4.78, 5) is 14.1. The zero-order chi connectivity index (χ0) is 11.5. The molecule has 0 spiro atoms. The van der Waals surface area contributed by atoms with Crippen LogP contribution in [0.5, 0.6) is 0 Å². The molecular formula is C11H20N2O3. The fraction of sp³-hybridized carbons (Fsp3) is 0.909. The Bertz CT molecular complexity index is 260. The van der Waals surface area contributed by atoms with Crippen molar-refractivity contribution in [1.29, 1.82) is 0 Å². The summed E-state index contributed by atoms with van der Waals surface area (Å²) in [6, 6.07) is 0. The number of hydrogen-bond donors (Lipinski definition) is 2. The molecule has 2 heterocycles. The quantitative estimate of drug-likeness (QED) is 0.640. The molecule has 2 fully saturated rings. The van der Waals surface area contributed by atoms with E-state index in [-0.39, 0.29) is 24.5 Å². The van der Waals surface area contributed by atoms with Crippen molar-refractivity contribution in [3.8, 4) is 0 Å². The molecule has 0 aliphatic carbocycles. The maximum absolute atomic E-state index is 12.2. The monoisotopic (exact) mass is 228 g/mol. The van der Waals surface area contributed by atoms with Gasteiger partial charge in [-0.1, -0.05) is 6.92 Å². The minimum atomic E-state index is -0.206. The van der Waals surface area contributed by atoms with Crippen molar-refractivity contribution < 1.29 is 14.6 Å². The lowest BCUT2D eigenvalue weighted by Crippen LogP contribution is -2.49. The van der Waals surface area contributed by atoms with Crippen LogP contribution in [0.1, 0.15) is 6.92 Å². The third kappa shape index (κ3) is 2.36. The summed E-state index contributed by atoms with van der Waals surface area (Å²) < 4.78 is 5.34. The predicted octanol–water partition coefficient (Wildman–Crippen LogP) is -0.938. The third-order valence-corrected chi connectivity index (χ3v) is 3.49. The van der Waals surface area contributed by atoms with Crippen molar-refractivity contribution >= 4 is 5.91 Å². The Kier molecular flexibility index (Phi) is 3.78. The van der Waals surface area contributed by atoms with Gasteiger partial charge in [-0.2, -0.15) is 0 Å². The van der Waals surface area contributed by atoms with Crippen LogP contribution in [0, 0.1) is 11.8 Å². The Hall–Kier alpha value is -0.650. The molecule has 5 heteroatoms. The van der Waals surface area contributed by atoms with Crippen molar-refractivity contribution in [3.63, 3.8) is 0 Å². The molecular weight excluding hydrogens is 208 g/mol. The van der Waals surface area contributed by atoms with Crippen molar-refractivity contribution in [2.45, 2.75) is 13.0 Å². The fourth-order valence-corrected chi connectivity index (χ4v) is 2.41. The number of carbonyl (C=O) groups is 1. The summed E-state index contributed by atoms with van der Waals surface area (Å²) in [6.07, 6.45) is -0.206. The first-order valence-corrected chi connectivity index (χ1v) is 5.94. The van der Waals surface area contributed by atoms with Gasteiger partial charge >= 0.3 is 0 Å². The van der Waals surface area contributed by atoms with Gasteiger partial charge in [0.2, 0.25) is 5.91 Å². The first-order valence-electron chi connectivity index (χ1n) is 5.94. The molecule has 2 aliphatic heterocycles. The molecule has 2 rings (SSSR count).